The van der Waals surface area contributed by atoms with E-state index in [1.54, 1.807) is 0 Å². The Hall–Kier alpha value is -1.38. The fraction of sp³-hybridized carbons (Fsp3) is 0.444. The van der Waals surface area contributed by atoms with Crippen molar-refractivity contribution in [3.05, 3.63) is 60.2 Å². The van der Waals surface area contributed by atoms with E-state index in [-0.39, 0.29) is 11.6 Å². The van der Waals surface area contributed by atoms with Crippen LogP contribution < -0.4 is 0 Å². The van der Waals surface area contributed by atoms with Gasteiger partial charge in [-0.1, -0.05) is 54.6 Å². The Balaban J connectivity index is 1.82. The molecule has 0 amide bonds. The van der Waals surface area contributed by atoms with Crippen LogP contribution in [0.2, 0.25) is 0 Å². The van der Waals surface area contributed by atoms with Crippen LogP contribution in [0, 0.1) is 0 Å². The molecule has 0 spiro atoms. The van der Waals surface area contributed by atoms with E-state index in [1.165, 1.54) is 5.56 Å². The molecule has 2 heteroatoms. The van der Waals surface area contributed by atoms with Gasteiger partial charge in [-0.15, -0.1) is 0 Å². The molecular weight excluding hydrogens is 246 g/mol. The maximum Gasteiger partial charge on any atom is 0.0564 e. The van der Waals surface area contributed by atoms with Crippen molar-refractivity contribution in [1.29, 1.82) is 0 Å². The molecule has 0 bridgehead atoms. The molecule has 1 aromatic carbocycles. The zero-order chi connectivity index (χ0) is 13.8. The Morgan fingerprint density at radius 2 is 1.85 bits per heavy atom. The van der Waals surface area contributed by atoms with E-state index in [1.807, 2.05) is 0 Å². The SMILES string of the molecule is OC1CCN(C2(Cc3ccccc3)C=CC=CC2)CC1. The third-order valence-electron chi connectivity index (χ3n) is 4.57. The normalized spacial score (nSPS) is 27.9. The highest BCUT2D eigenvalue weighted by Crippen LogP contribution is 2.32. The van der Waals surface area contributed by atoms with Crippen molar-refractivity contribution in [1.82, 2.24) is 4.90 Å². The lowest BCUT2D eigenvalue weighted by molar-refractivity contribution is 0.0354. The van der Waals surface area contributed by atoms with Crippen molar-refractivity contribution >= 4 is 0 Å². The van der Waals surface area contributed by atoms with Crippen molar-refractivity contribution in [2.75, 3.05) is 13.1 Å². The zero-order valence-electron chi connectivity index (χ0n) is 11.9. The molecule has 0 radical (unpaired) electrons. The number of nitrogens with zero attached hydrogens (tertiary/aromatic N) is 1. The molecule has 3 rings (SSSR count). The molecule has 1 saturated heterocycles. The molecule has 106 valence electrons. The molecule has 1 aromatic rings. The van der Waals surface area contributed by atoms with Gasteiger partial charge in [0, 0.05) is 18.6 Å². The maximum atomic E-state index is 9.74. The van der Waals surface area contributed by atoms with E-state index in [9.17, 15) is 5.11 Å². The Morgan fingerprint density at radius 3 is 2.50 bits per heavy atom. The third kappa shape index (κ3) is 2.87. The summed E-state index contributed by atoms with van der Waals surface area (Å²) in [5.74, 6) is 0. The smallest absolute Gasteiger partial charge is 0.0564 e. The zero-order valence-corrected chi connectivity index (χ0v) is 11.9. The van der Waals surface area contributed by atoms with Crippen LogP contribution >= 0.6 is 0 Å². The highest BCUT2D eigenvalue weighted by molar-refractivity contribution is 5.27. The number of piperidine rings is 1. The monoisotopic (exact) mass is 269 g/mol. The van der Waals surface area contributed by atoms with Gasteiger partial charge in [-0.3, -0.25) is 4.90 Å². The van der Waals surface area contributed by atoms with Crippen LogP contribution in [0.4, 0.5) is 0 Å². The van der Waals surface area contributed by atoms with E-state index >= 15 is 0 Å². The molecule has 1 aliphatic heterocycles. The van der Waals surface area contributed by atoms with E-state index in [0.29, 0.717) is 0 Å². The Labute approximate surface area is 121 Å². The first-order valence-corrected chi connectivity index (χ1v) is 7.60. The lowest BCUT2D eigenvalue weighted by Crippen LogP contribution is -2.53. The summed E-state index contributed by atoms with van der Waals surface area (Å²) >= 11 is 0. The molecule has 2 nitrogen and oxygen atoms in total. The molecule has 20 heavy (non-hydrogen) atoms. The van der Waals surface area contributed by atoms with Gasteiger partial charge in [0.15, 0.2) is 0 Å². The van der Waals surface area contributed by atoms with E-state index in [4.69, 9.17) is 0 Å². The van der Waals surface area contributed by atoms with Crippen LogP contribution in [0.5, 0.6) is 0 Å². The first kappa shape index (κ1) is 13.6. The fourth-order valence-electron chi connectivity index (χ4n) is 3.39. The average Bonchev–Trinajstić information content (AvgIpc) is 2.50. The minimum Gasteiger partial charge on any atom is -0.393 e. The van der Waals surface area contributed by atoms with Gasteiger partial charge < -0.3 is 5.11 Å². The lowest BCUT2D eigenvalue weighted by atomic mass is 9.82. The summed E-state index contributed by atoms with van der Waals surface area (Å²) in [5, 5.41) is 9.74. The Morgan fingerprint density at radius 1 is 1.10 bits per heavy atom. The Kier molecular flexibility index (Phi) is 4.04. The van der Waals surface area contributed by atoms with Gasteiger partial charge in [-0.25, -0.2) is 0 Å². The first-order valence-electron chi connectivity index (χ1n) is 7.60. The standard InChI is InChI=1S/C18H23NO/c20-17-9-13-19(14-10-17)18(11-5-2-6-12-18)15-16-7-3-1-4-8-16/h1-8,11,17,20H,9-10,12-15H2. The van der Waals surface area contributed by atoms with E-state index < -0.39 is 0 Å². The number of aliphatic hydroxyl groups is 1. The molecule has 1 heterocycles. The summed E-state index contributed by atoms with van der Waals surface area (Å²) in [6.45, 7) is 1.98. The summed E-state index contributed by atoms with van der Waals surface area (Å²) in [6, 6.07) is 10.7. The van der Waals surface area contributed by atoms with Crippen molar-refractivity contribution in [2.45, 2.75) is 37.3 Å². The van der Waals surface area contributed by atoms with Crippen LogP contribution in [0.15, 0.2) is 54.6 Å². The molecule has 0 aromatic heterocycles. The number of benzene rings is 1. The second-order valence-corrected chi connectivity index (χ2v) is 5.98. The second kappa shape index (κ2) is 5.94. The molecule has 2 aliphatic rings. The molecule has 0 saturated carbocycles. The third-order valence-corrected chi connectivity index (χ3v) is 4.57. The summed E-state index contributed by atoms with van der Waals surface area (Å²) in [5.41, 5.74) is 1.48. The minimum absolute atomic E-state index is 0.0935. The summed E-state index contributed by atoms with van der Waals surface area (Å²) in [7, 11) is 0. The fourth-order valence-corrected chi connectivity index (χ4v) is 3.39. The molecular formula is C18H23NO. The topological polar surface area (TPSA) is 23.5 Å². The summed E-state index contributed by atoms with van der Waals surface area (Å²) in [6.07, 6.45) is 12.7. The Bertz CT molecular complexity index is 485. The van der Waals surface area contributed by atoms with Crippen LogP contribution in [-0.2, 0) is 6.42 Å². The van der Waals surface area contributed by atoms with Gasteiger partial charge in [-0.05, 0) is 31.2 Å². The van der Waals surface area contributed by atoms with Crippen molar-refractivity contribution < 1.29 is 5.11 Å². The van der Waals surface area contributed by atoms with Crippen LogP contribution in [0.3, 0.4) is 0 Å². The highest BCUT2D eigenvalue weighted by Gasteiger charge is 2.36. The number of rotatable bonds is 3. The van der Waals surface area contributed by atoms with E-state index in [0.717, 1.165) is 38.8 Å². The minimum atomic E-state index is -0.108. The van der Waals surface area contributed by atoms with Gasteiger partial charge in [0.1, 0.15) is 0 Å². The predicted molar refractivity (Wildman–Crippen MR) is 82.6 cm³/mol. The van der Waals surface area contributed by atoms with Gasteiger partial charge in [0.05, 0.1) is 6.10 Å². The van der Waals surface area contributed by atoms with Crippen LogP contribution in [0.25, 0.3) is 0 Å². The number of aliphatic hydroxyl groups excluding tert-OH is 1. The molecule has 1 N–H and O–H groups in total. The number of hydrogen-bond donors (Lipinski definition) is 1. The van der Waals surface area contributed by atoms with Crippen molar-refractivity contribution in [2.24, 2.45) is 0 Å². The molecule has 1 aliphatic carbocycles. The molecule has 1 fully saturated rings. The van der Waals surface area contributed by atoms with Gasteiger partial charge in [-0.2, -0.15) is 0 Å². The van der Waals surface area contributed by atoms with Crippen molar-refractivity contribution in [3.8, 4) is 0 Å². The lowest BCUT2D eigenvalue weighted by Gasteiger charge is -2.45. The van der Waals surface area contributed by atoms with Crippen LogP contribution in [0.1, 0.15) is 24.8 Å². The van der Waals surface area contributed by atoms with Gasteiger partial charge >= 0.3 is 0 Å². The largest absolute Gasteiger partial charge is 0.393 e. The number of allylic oxidation sites excluding steroid dienone is 2. The quantitative estimate of drug-likeness (QED) is 0.912. The average molecular weight is 269 g/mol. The number of likely N-dealkylation sites (tertiary alicyclic amines) is 1. The summed E-state index contributed by atoms with van der Waals surface area (Å²) in [4.78, 5) is 2.56. The molecule has 1 atom stereocenters. The number of hydrogen-bond acceptors (Lipinski definition) is 2. The van der Waals surface area contributed by atoms with Gasteiger partial charge in [0.2, 0.25) is 0 Å². The highest BCUT2D eigenvalue weighted by atomic mass is 16.3. The van der Waals surface area contributed by atoms with Gasteiger partial charge in [0.25, 0.3) is 0 Å². The van der Waals surface area contributed by atoms with E-state index in [2.05, 4.69) is 59.5 Å². The van der Waals surface area contributed by atoms with Crippen LogP contribution in [-0.4, -0.2) is 34.7 Å². The maximum absolute atomic E-state index is 9.74. The molecule has 1 unspecified atom stereocenters. The second-order valence-electron chi connectivity index (χ2n) is 5.98. The predicted octanol–water partition coefficient (Wildman–Crippen LogP) is 2.94. The first-order chi connectivity index (χ1) is 9.78. The summed E-state index contributed by atoms with van der Waals surface area (Å²) < 4.78 is 0. The van der Waals surface area contributed by atoms with Crippen molar-refractivity contribution in [3.63, 3.8) is 0 Å².